The first-order valence-electron chi connectivity index (χ1n) is 9.36. The van der Waals surface area contributed by atoms with E-state index in [1.54, 1.807) is 11.3 Å². The van der Waals surface area contributed by atoms with Crippen LogP contribution in [-0.4, -0.2) is 30.6 Å². The van der Waals surface area contributed by atoms with Gasteiger partial charge in [-0.2, -0.15) is 0 Å². The number of rotatable bonds is 10. The third-order valence-electron chi connectivity index (χ3n) is 3.73. The second kappa shape index (κ2) is 11.5. The molecule has 2 aromatic rings. The molecule has 0 atom stereocenters. The van der Waals surface area contributed by atoms with Gasteiger partial charge in [0.2, 0.25) is 0 Å². The van der Waals surface area contributed by atoms with Gasteiger partial charge in [0, 0.05) is 30.6 Å². The summed E-state index contributed by atoms with van der Waals surface area (Å²) < 4.78 is 5.77. The fourth-order valence-electron chi connectivity index (χ4n) is 2.38. The van der Waals surface area contributed by atoms with Crippen LogP contribution in [0.3, 0.4) is 0 Å². The molecule has 2 rings (SSSR count). The Morgan fingerprint density at radius 3 is 2.88 bits per heavy atom. The van der Waals surface area contributed by atoms with Crippen molar-refractivity contribution in [3.8, 4) is 5.75 Å². The molecule has 26 heavy (non-hydrogen) atoms. The highest BCUT2D eigenvalue weighted by atomic mass is 32.1. The van der Waals surface area contributed by atoms with Crippen LogP contribution in [0.1, 0.15) is 42.1 Å². The Hall–Kier alpha value is -2.08. The van der Waals surface area contributed by atoms with Crippen molar-refractivity contribution in [1.29, 1.82) is 0 Å². The van der Waals surface area contributed by atoms with Gasteiger partial charge >= 0.3 is 0 Å². The molecule has 0 fully saturated rings. The van der Waals surface area contributed by atoms with Crippen LogP contribution in [0.4, 0.5) is 0 Å². The number of hydrogen-bond acceptors (Lipinski definition) is 4. The van der Waals surface area contributed by atoms with Gasteiger partial charge in [0.05, 0.1) is 18.2 Å². The number of aryl methyl sites for hydroxylation is 1. The lowest BCUT2D eigenvalue weighted by Gasteiger charge is -2.11. The number of hydrogen-bond donors (Lipinski definition) is 2. The van der Waals surface area contributed by atoms with Crippen molar-refractivity contribution >= 4 is 17.3 Å². The second-order valence-corrected chi connectivity index (χ2v) is 7.41. The summed E-state index contributed by atoms with van der Waals surface area (Å²) in [7, 11) is 0. The van der Waals surface area contributed by atoms with Crippen LogP contribution in [0.5, 0.6) is 5.75 Å². The SMILES string of the molecule is CCCCOc1cccc(CN=C(NCC)NCCc2ncc(C)s2)c1. The zero-order valence-electron chi connectivity index (χ0n) is 16.0. The molecule has 0 saturated heterocycles. The summed E-state index contributed by atoms with van der Waals surface area (Å²) in [6.07, 6.45) is 5.05. The highest BCUT2D eigenvalue weighted by Gasteiger charge is 2.02. The van der Waals surface area contributed by atoms with E-state index in [0.717, 1.165) is 61.2 Å². The van der Waals surface area contributed by atoms with Gasteiger partial charge in [-0.25, -0.2) is 9.98 Å². The minimum Gasteiger partial charge on any atom is -0.494 e. The second-order valence-electron chi connectivity index (χ2n) is 6.09. The molecule has 1 heterocycles. The largest absolute Gasteiger partial charge is 0.494 e. The summed E-state index contributed by atoms with van der Waals surface area (Å²) in [4.78, 5) is 10.3. The van der Waals surface area contributed by atoms with E-state index in [1.807, 2.05) is 18.3 Å². The first-order valence-corrected chi connectivity index (χ1v) is 10.2. The topological polar surface area (TPSA) is 58.5 Å². The molecular weight excluding hydrogens is 344 g/mol. The summed E-state index contributed by atoms with van der Waals surface area (Å²) in [5.41, 5.74) is 1.15. The first-order chi connectivity index (χ1) is 12.7. The van der Waals surface area contributed by atoms with E-state index >= 15 is 0 Å². The lowest BCUT2D eigenvalue weighted by atomic mass is 10.2. The molecule has 0 radical (unpaired) electrons. The van der Waals surface area contributed by atoms with Crippen LogP contribution < -0.4 is 15.4 Å². The number of thiazole rings is 1. The summed E-state index contributed by atoms with van der Waals surface area (Å²) in [5.74, 6) is 1.75. The molecule has 2 N–H and O–H groups in total. The molecule has 0 bridgehead atoms. The number of unbranched alkanes of at least 4 members (excludes halogenated alkanes) is 1. The van der Waals surface area contributed by atoms with Crippen molar-refractivity contribution in [2.45, 2.75) is 46.6 Å². The van der Waals surface area contributed by atoms with E-state index in [-0.39, 0.29) is 0 Å². The molecule has 0 saturated carbocycles. The minimum atomic E-state index is 0.622. The minimum absolute atomic E-state index is 0.622. The third-order valence-corrected chi connectivity index (χ3v) is 4.70. The summed E-state index contributed by atoms with van der Waals surface area (Å²) in [5, 5.41) is 7.83. The quantitative estimate of drug-likeness (QED) is 0.376. The fourth-order valence-corrected chi connectivity index (χ4v) is 3.17. The average molecular weight is 375 g/mol. The number of guanidine groups is 1. The standard InChI is InChI=1S/C20H30N4OS/c1-4-6-12-25-18-9-7-8-17(13-18)15-24-20(21-5-2)22-11-10-19-23-14-16(3)26-19/h7-9,13-14H,4-6,10-12,15H2,1-3H3,(H2,21,22,24). The van der Waals surface area contributed by atoms with E-state index in [2.05, 4.69) is 53.5 Å². The molecule has 1 aromatic carbocycles. The number of aliphatic imine (C=N–C) groups is 1. The van der Waals surface area contributed by atoms with Crippen LogP contribution in [0.15, 0.2) is 35.5 Å². The van der Waals surface area contributed by atoms with Crippen molar-refractivity contribution < 1.29 is 4.74 Å². The Kier molecular flexibility index (Phi) is 8.96. The maximum atomic E-state index is 5.77. The van der Waals surface area contributed by atoms with Gasteiger partial charge in [-0.15, -0.1) is 11.3 Å². The van der Waals surface area contributed by atoms with Crippen molar-refractivity contribution in [3.63, 3.8) is 0 Å². The van der Waals surface area contributed by atoms with Crippen molar-refractivity contribution in [2.24, 2.45) is 4.99 Å². The van der Waals surface area contributed by atoms with E-state index < -0.39 is 0 Å². The molecule has 0 aliphatic carbocycles. The molecule has 0 aliphatic rings. The van der Waals surface area contributed by atoms with E-state index in [4.69, 9.17) is 4.74 Å². The Bertz CT molecular complexity index is 684. The van der Waals surface area contributed by atoms with Crippen LogP contribution in [0.2, 0.25) is 0 Å². The van der Waals surface area contributed by atoms with Crippen molar-refractivity contribution in [2.75, 3.05) is 19.7 Å². The molecule has 6 heteroatoms. The Morgan fingerprint density at radius 2 is 2.15 bits per heavy atom. The molecule has 0 unspecified atom stereocenters. The molecule has 5 nitrogen and oxygen atoms in total. The predicted octanol–water partition coefficient (Wildman–Crippen LogP) is 3.93. The van der Waals surface area contributed by atoms with Gasteiger partial charge in [0.15, 0.2) is 5.96 Å². The lowest BCUT2D eigenvalue weighted by Crippen LogP contribution is -2.38. The summed E-state index contributed by atoms with van der Waals surface area (Å²) >= 11 is 1.75. The van der Waals surface area contributed by atoms with Gasteiger partial charge in [-0.3, -0.25) is 0 Å². The van der Waals surface area contributed by atoms with Gasteiger partial charge in [0.25, 0.3) is 0 Å². The number of ether oxygens (including phenoxy) is 1. The van der Waals surface area contributed by atoms with Crippen molar-refractivity contribution in [3.05, 3.63) is 45.9 Å². The van der Waals surface area contributed by atoms with Crippen LogP contribution >= 0.6 is 11.3 Å². The summed E-state index contributed by atoms with van der Waals surface area (Å²) in [6, 6.07) is 8.18. The number of benzene rings is 1. The highest BCUT2D eigenvalue weighted by molar-refractivity contribution is 7.11. The fraction of sp³-hybridized carbons (Fsp3) is 0.500. The third kappa shape index (κ3) is 7.44. The number of nitrogens with one attached hydrogen (secondary N) is 2. The molecular formula is C20H30N4OS. The molecule has 0 amide bonds. The van der Waals surface area contributed by atoms with Gasteiger partial charge in [0.1, 0.15) is 5.75 Å². The number of aromatic nitrogens is 1. The van der Waals surface area contributed by atoms with E-state index in [0.29, 0.717) is 6.54 Å². The predicted molar refractivity (Wildman–Crippen MR) is 110 cm³/mol. The van der Waals surface area contributed by atoms with Crippen molar-refractivity contribution in [1.82, 2.24) is 15.6 Å². The van der Waals surface area contributed by atoms with E-state index in [9.17, 15) is 0 Å². The maximum absolute atomic E-state index is 5.77. The Morgan fingerprint density at radius 1 is 1.27 bits per heavy atom. The van der Waals surface area contributed by atoms with Crippen LogP contribution in [0.25, 0.3) is 0 Å². The zero-order chi connectivity index (χ0) is 18.6. The monoisotopic (exact) mass is 374 g/mol. The Balaban J connectivity index is 1.86. The Labute approximate surface area is 160 Å². The smallest absolute Gasteiger partial charge is 0.191 e. The zero-order valence-corrected chi connectivity index (χ0v) is 16.9. The summed E-state index contributed by atoms with van der Waals surface area (Å²) in [6.45, 7) is 9.37. The highest BCUT2D eigenvalue weighted by Crippen LogP contribution is 2.14. The molecule has 0 spiro atoms. The van der Waals surface area contributed by atoms with Gasteiger partial charge in [-0.1, -0.05) is 25.5 Å². The maximum Gasteiger partial charge on any atom is 0.191 e. The lowest BCUT2D eigenvalue weighted by molar-refractivity contribution is 0.309. The first kappa shape index (κ1) is 20.2. The average Bonchev–Trinajstić information content (AvgIpc) is 3.05. The number of nitrogens with zero attached hydrogens (tertiary/aromatic N) is 2. The van der Waals surface area contributed by atoms with Gasteiger partial charge < -0.3 is 15.4 Å². The van der Waals surface area contributed by atoms with E-state index in [1.165, 1.54) is 4.88 Å². The molecule has 0 aliphatic heterocycles. The van der Waals surface area contributed by atoms with Crippen LogP contribution in [0, 0.1) is 6.92 Å². The normalized spacial score (nSPS) is 11.4. The van der Waals surface area contributed by atoms with Gasteiger partial charge in [-0.05, 0) is 38.0 Å². The van der Waals surface area contributed by atoms with Crippen LogP contribution in [-0.2, 0) is 13.0 Å². The molecule has 142 valence electrons. The molecule has 1 aromatic heterocycles.